The van der Waals surface area contributed by atoms with E-state index in [1.807, 2.05) is 36.1 Å². The molecule has 35 heavy (non-hydrogen) atoms. The number of aliphatic hydroxyl groups excluding tert-OH is 1. The molecule has 4 rings (SSSR count). The van der Waals surface area contributed by atoms with Gasteiger partial charge in [-0.1, -0.05) is 12.1 Å². The fourth-order valence-electron chi connectivity index (χ4n) is 4.88. The van der Waals surface area contributed by atoms with Crippen molar-refractivity contribution in [2.24, 2.45) is 13.0 Å². The fourth-order valence-corrected chi connectivity index (χ4v) is 5.74. The molecular formula is C27H35N2O5P. The van der Waals surface area contributed by atoms with Crippen molar-refractivity contribution >= 4 is 7.37 Å². The topological polar surface area (TPSA) is 93.8 Å². The molecule has 1 fully saturated rings. The van der Waals surface area contributed by atoms with E-state index in [1.54, 1.807) is 19.2 Å². The van der Waals surface area contributed by atoms with E-state index in [1.165, 1.54) is 17.8 Å². The van der Waals surface area contributed by atoms with Crippen LogP contribution in [-0.2, 0) is 11.6 Å². The highest BCUT2D eigenvalue weighted by molar-refractivity contribution is 7.57. The molecule has 0 saturated heterocycles. The van der Waals surface area contributed by atoms with Crippen LogP contribution in [0.25, 0.3) is 11.3 Å². The number of nitrogens with zero attached hydrogens (tertiary/aromatic N) is 2. The molecule has 0 aliphatic heterocycles. The fraction of sp³-hybridized carbons (Fsp3) is 0.444. The van der Waals surface area contributed by atoms with Crippen molar-refractivity contribution in [1.82, 2.24) is 9.55 Å². The molecule has 1 aliphatic rings. The molecule has 2 N–H and O–H groups in total. The maximum Gasteiger partial charge on any atom is 0.200 e. The number of ether oxygens (including phenoxy) is 2. The summed E-state index contributed by atoms with van der Waals surface area (Å²) in [7, 11) is 0.381. The first-order valence-corrected chi connectivity index (χ1v) is 14.4. The van der Waals surface area contributed by atoms with E-state index < -0.39 is 13.5 Å². The Labute approximate surface area is 207 Å². The lowest BCUT2D eigenvalue weighted by Crippen LogP contribution is -2.19. The Morgan fingerprint density at radius 3 is 2.57 bits per heavy atom. The number of aromatic nitrogens is 2. The predicted octanol–water partition coefficient (Wildman–Crippen LogP) is 5.38. The van der Waals surface area contributed by atoms with Gasteiger partial charge in [0.05, 0.1) is 38.0 Å². The van der Waals surface area contributed by atoms with E-state index in [-0.39, 0.29) is 6.16 Å². The van der Waals surface area contributed by atoms with E-state index in [4.69, 9.17) is 9.47 Å². The molecule has 0 bridgehead atoms. The van der Waals surface area contributed by atoms with Crippen molar-refractivity contribution < 1.29 is 24.0 Å². The number of aryl methyl sites for hydroxylation is 1. The van der Waals surface area contributed by atoms with Crippen molar-refractivity contribution in [1.29, 1.82) is 0 Å². The summed E-state index contributed by atoms with van der Waals surface area (Å²) in [5.74, 6) is 2.45. The van der Waals surface area contributed by atoms with Gasteiger partial charge in [0.15, 0.2) is 0 Å². The minimum Gasteiger partial charge on any atom is -0.497 e. The van der Waals surface area contributed by atoms with Gasteiger partial charge in [0.2, 0.25) is 7.37 Å². The van der Waals surface area contributed by atoms with Gasteiger partial charge in [-0.25, -0.2) is 4.98 Å². The van der Waals surface area contributed by atoms with Crippen molar-refractivity contribution in [2.45, 2.75) is 37.7 Å². The van der Waals surface area contributed by atoms with E-state index in [0.29, 0.717) is 29.8 Å². The lowest BCUT2D eigenvalue weighted by atomic mass is 9.77. The summed E-state index contributed by atoms with van der Waals surface area (Å²) in [5, 5.41) is 10.3. The molecular weight excluding hydrogens is 463 g/mol. The lowest BCUT2D eigenvalue weighted by Gasteiger charge is -2.30. The lowest BCUT2D eigenvalue weighted by molar-refractivity contribution is 0.192. The highest BCUT2D eigenvalue weighted by Crippen LogP contribution is 2.42. The highest BCUT2D eigenvalue weighted by atomic mass is 31.2. The van der Waals surface area contributed by atoms with E-state index in [2.05, 4.69) is 23.3 Å². The van der Waals surface area contributed by atoms with E-state index in [0.717, 1.165) is 37.1 Å². The molecule has 1 aliphatic carbocycles. The van der Waals surface area contributed by atoms with Crippen LogP contribution in [0.4, 0.5) is 0 Å². The van der Waals surface area contributed by atoms with Gasteiger partial charge in [-0.15, -0.1) is 0 Å². The molecule has 0 radical (unpaired) electrons. The first-order chi connectivity index (χ1) is 16.7. The quantitative estimate of drug-likeness (QED) is 0.385. The standard InChI is InChI=1S/C27H35N2O5P/c1-29-15-26(28-18-29)24-12-11-22(33-2)14-25(24)20-9-7-19(8-10-20)16-34-23-6-4-5-21(13-23)27(30)17-35(3,31)32/h4-6,11-15,18-20,27,30H,7-10,16-17H2,1-3H3,(H,31,32)/t19?,20?,27-/m1/s1. The smallest absolute Gasteiger partial charge is 0.200 e. The molecule has 1 heterocycles. The van der Waals surface area contributed by atoms with Crippen molar-refractivity contribution in [3.05, 3.63) is 66.1 Å². The van der Waals surface area contributed by atoms with Crippen LogP contribution < -0.4 is 9.47 Å². The van der Waals surface area contributed by atoms with Gasteiger partial charge >= 0.3 is 0 Å². The third-order valence-electron chi connectivity index (χ3n) is 6.77. The first-order valence-electron chi connectivity index (χ1n) is 12.1. The normalized spacial score (nSPS) is 20.7. The Morgan fingerprint density at radius 2 is 1.91 bits per heavy atom. The van der Waals surface area contributed by atoms with Crippen LogP contribution >= 0.6 is 7.37 Å². The SMILES string of the molecule is COc1ccc(-c2cn(C)cn2)c(C2CCC(COc3cccc([C@H](O)CP(C)(=O)O)c3)CC2)c1. The summed E-state index contributed by atoms with van der Waals surface area (Å²) in [6, 6.07) is 13.5. The van der Waals surface area contributed by atoms with Crippen molar-refractivity contribution in [2.75, 3.05) is 26.5 Å². The van der Waals surface area contributed by atoms with E-state index >= 15 is 0 Å². The molecule has 1 unspecified atom stereocenters. The molecule has 8 heteroatoms. The zero-order chi connectivity index (χ0) is 25.0. The number of imidazole rings is 1. The van der Waals surface area contributed by atoms with Gasteiger partial charge in [0, 0.05) is 25.5 Å². The summed E-state index contributed by atoms with van der Waals surface area (Å²) < 4.78 is 25.2. The Bertz CT molecular complexity index is 1180. The maximum absolute atomic E-state index is 11.6. The second-order valence-corrected chi connectivity index (χ2v) is 12.2. The molecule has 1 aromatic heterocycles. The Morgan fingerprint density at radius 1 is 1.14 bits per heavy atom. The number of benzene rings is 2. The highest BCUT2D eigenvalue weighted by Gasteiger charge is 2.26. The van der Waals surface area contributed by atoms with Crippen molar-refractivity contribution in [3.8, 4) is 22.8 Å². The molecule has 2 atom stereocenters. The molecule has 0 amide bonds. The van der Waals surface area contributed by atoms with Crippen LogP contribution in [0.3, 0.4) is 0 Å². The maximum atomic E-state index is 11.6. The van der Waals surface area contributed by atoms with Gasteiger partial charge in [0.25, 0.3) is 0 Å². The average Bonchev–Trinajstić information content (AvgIpc) is 3.28. The predicted molar refractivity (Wildman–Crippen MR) is 137 cm³/mol. The third-order valence-corrected chi connectivity index (χ3v) is 7.79. The number of hydrogen-bond donors (Lipinski definition) is 2. The van der Waals surface area contributed by atoms with Crippen LogP contribution in [0.2, 0.25) is 0 Å². The number of hydrogen-bond acceptors (Lipinski definition) is 5. The third kappa shape index (κ3) is 6.75. The molecule has 0 spiro atoms. The molecule has 3 aromatic rings. The number of aliphatic hydroxyl groups is 1. The minimum absolute atomic E-state index is 0.161. The Kier molecular flexibility index (Phi) is 8.00. The number of methoxy groups -OCH3 is 1. The van der Waals surface area contributed by atoms with Crippen LogP contribution in [0.1, 0.15) is 48.8 Å². The van der Waals surface area contributed by atoms with Crippen LogP contribution in [0.5, 0.6) is 11.5 Å². The average molecular weight is 499 g/mol. The van der Waals surface area contributed by atoms with Gasteiger partial charge in [0.1, 0.15) is 11.5 Å². The van der Waals surface area contributed by atoms with Gasteiger partial charge in [-0.05, 0) is 79.0 Å². The summed E-state index contributed by atoms with van der Waals surface area (Å²) in [6.07, 6.45) is 7.01. The van der Waals surface area contributed by atoms with Gasteiger partial charge < -0.3 is 24.0 Å². The second kappa shape index (κ2) is 11.0. The minimum atomic E-state index is -3.30. The summed E-state index contributed by atoms with van der Waals surface area (Å²) >= 11 is 0. The monoisotopic (exact) mass is 498 g/mol. The Hall–Kier alpha value is -2.60. The van der Waals surface area contributed by atoms with Gasteiger partial charge in [-0.2, -0.15) is 0 Å². The molecule has 1 saturated carbocycles. The van der Waals surface area contributed by atoms with Crippen LogP contribution in [-0.4, -0.2) is 46.1 Å². The van der Waals surface area contributed by atoms with E-state index in [9.17, 15) is 14.6 Å². The molecule has 188 valence electrons. The zero-order valence-electron chi connectivity index (χ0n) is 20.6. The van der Waals surface area contributed by atoms with Crippen molar-refractivity contribution in [3.63, 3.8) is 0 Å². The largest absolute Gasteiger partial charge is 0.497 e. The first kappa shape index (κ1) is 25.5. The Balaban J connectivity index is 1.37. The zero-order valence-corrected chi connectivity index (χ0v) is 21.5. The molecule has 2 aromatic carbocycles. The van der Waals surface area contributed by atoms with Crippen LogP contribution in [0.15, 0.2) is 55.0 Å². The summed E-state index contributed by atoms with van der Waals surface area (Å²) in [5.41, 5.74) is 4.04. The number of rotatable bonds is 9. The summed E-state index contributed by atoms with van der Waals surface area (Å²) in [6.45, 7) is 1.88. The summed E-state index contributed by atoms with van der Waals surface area (Å²) in [4.78, 5) is 14.1. The van der Waals surface area contributed by atoms with Crippen LogP contribution in [0, 0.1) is 5.92 Å². The second-order valence-electron chi connectivity index (χ2n) is 9.73. The molecule has 7 nitrogen and oxygen atoms in total. The van der Waals surface area contributed by atoms with Gasteiger partial charge in [-0.3, -0.25) is 4.57 Å².